The number of ether oxygens (including phenoxy) is 2. The third kappa shape index (κ3) is 6.38. The quantitative estimate of drug-likeness (QED) is 0.600. The second-order valence-electron chi connectivity index (χ2n) is 6.47. The number of halogens is 1. The first-order valence-electron chi connectivity index (χ1n) is 9.03. The third-order valence-corrected chi connectivity index (χ3v) is 4.37. The van der Waals surface area contributed by atoms with E-state index in [1.165, 1.54) is 12.1 Å². The molecule has 0 fully saturated rings. The summed E-state index contributed by atoms with van der Waals surface area (Å²) in [5.74, 6) is 1.10. The maximum atomic E-state index is 13.2. The van der Waals surface area contributed by atoms with Gasteiger partial charge in [0.1, 0.15) is 5.82 Å². The Balaban J connectivity index is 2.20. The summed E-state index contributed by atoms with van der Waals surface area (Å²) < 4.78 is 24.1. The summed E-state index contributed by atoms with van der Waals surface area (Å²) in [7, 11) is 3.22. The molecule has 0 amide bonds. The van der Waals surface area contributed by atoms with Gasteiger partial charge >= 0.3 is 0 Å². The normalized spacial score (nSPS) is 12.0. The van der Waals surface area contributed by atoms with Crippen molar-refractivity contribution < 1.29 is 19.0 Å². The zero-order valence-corrected chi connectivity index (χ0v) is 16.0. The molecule has 2 rings (SSSR count). The van der Waals surface area contributed by atoms with Crippen molar-refractivity contribution >= 4 is 0 Å². The van der Waals surface area contributed by atoms with E-state index in [1.54, 1.807) is 32.4 Å². The number of benzene rings is 2. The number of allylic oxidation sites excluding steroid dienone is 1. The number of hydrogen-bond donors (Lipinski definition) is 1. The van der Waals surface area contributed by atoms with Crippen LogP contribution in [-0.4, -0.2) is 36.9 Å². The van der Waals surface area contributed by atoms with Crippen LogP contribution in [0.5, 0.6) is 11.5 Å². The van der Waals surface area contributed by atoms with Crippen LogP contribution >= 0.6 is 0 Å². The molecule has 0 bridgehead atoms. The number of nitrogens with zero attached hydrogens (tertiary/aromatic N) is 1. The van der Waals surface area contributed by atoms with Gasteiger partial charge in [0.2, 0.25) is 0 Å². The minimum Gasteiger partial charge on any atom is -0.493 e. The molecule has 0 aliphatic carbocycles. The lowest BCUT2D eigenvalue weighted by atomic mass is 10.1. The van der Waals surface area contributed by atoms with E-state index >= 15 is 0 Å². The largest absolute Gasteiger partial charge is 0.493 e. The molecule has 0 saturated heterocycles. The Labute approximate surface area is 160 Å². The van der Waals surface area contributed by atoms with Gasteiger partial charge < -0.3 is 14.6 Å². The van der Waals surface area contributed by atoms with Crippen molar-refractivity contribution in [2.45, 2.75) is 32.0 Å². The summed E-state index contributed by atoms with van der Waals surface area (Å²) in [6.07, 6.45) is 2.74. The van der Waals surface area contributed by atoms with Crippen molar-refractivity contribution in [3.8, 4) is 11.5 Å². The number of aliphatic hydroxyl groups is 1. The fourth-order valence-corrected chi connectivity index (χ4v) is 3.05. The number of rotatable bonds is 11. The molecular formula is C22H28FNO3. The Bertz CT molecular complexity index is 718. The predicted molar refractivity (Wildman–Crippen MR) is 105 cm³/mol. The average molecular weight is 373 g/mol. The van der Waals surface area contributed by atoms with E-state index in [0.717, 1.165) is 17.5 Å². The second-order valence-corrected chi connectivity index (χ2v) is 6.47. The molecule has 0 aliphatic rings. The average Bonchev–Trinajstić information content (AvgIpc) is 2.67. The van der Waals surface area contributed by atoms with Gasteiger partial charge in [-0.15, -0.1) is 6.58 Å². The van der Waals surface area contributed by atoms with Crippen molar-refractivity contribution in [1.82, 2.24) is 4.90 Å². The molecule has 2 aromatic rings. The van der Waals surface area contributed by atoms with Gasteiger partial charge in [0.15, 0.2) is 11.5 Å². The summed E-state index contributed by atoms with van der Waals surface area (Å²) in [6, 6.07) is 12.2. The van der Waals surface area contributed by atoms with Crippen LogP contribution in [0.25, 0.3) is 0 Å². The summed E-state index contributed by atoms with van der Waals surface area (Å²) in [5, 5.41) is 10.4. The highest BCUT2D eigenvalue weighted by Gasteiger charge is 2.17. The lowest BCUT2D eigenvalue weighted by molar-refractivity contribution is 0.0978. The van der Waals surface area contributed by atoms with Gasteiger partial charge in [-0.05, 0) is 36.6 Å². The highest BCUT2D eigenvalue weighted by atomic mass is 19.1. The molecule has 0 heterocycles. The minimum absolute atomic E-state index is 0.259. The van der Waals surface area contributed by atoms with E-state index in [-0.39, 0.29) is 5.82 Å². The van der Waals surface area contributed by atoms with Gasteiger partial charge in [-0.25, -0.2) is 4.39 Å². The monoisotopic (exact) mass is 373 g/mol. The highest BCUT2D eigenvalue weighted by Crippen LogP contribution is 2.31. The van der Waals surface area contributed by atoms with Gasteiger partial charge in [0, 0.05) is 25.2 Å². The molecule has 0 aliphatic heterocycles. The first-order chi connectivity index (χ1) is 13.1. The fraction of sp³-hybridized carbons (Fsp3) is 0.364. The second kappa shape index (κ2) is 10.7. The Hall–Kier alpha value is -2.37. The van der Waals surface area contributed by atoms with Crippen molar-refractivity contribution in [2.24, 2.45) is 0 Å². The lowest BCUT2D eigenvalue weighted by Gasteiger charge is -2.26. The van der Waals surface area contributed by atoms with E-state index in [0.29, 0.717) is 37.6 Å². The molecule has 4 nitrogen and oxygen atoms in total. The first kappa shape index (κ1) is 20.9. The summed E-state index contributed by atoms with van der Waals surface area (Å²) >= 11 is 0. The molecular weight excluding hydrogens is 345 g/mol. The highest BCUT2D eigenvalue weighted by molar-refractivity contribution is 5.46. The Kier molecular flexibility index (Phi) is 8.30. The Morgan fingerprint density at radius 3 is 2.48 bits per heavy atom. The molecule has 27 heavy (non-hydrogen) atoms. The van der Waals surface area contributed by atoms with Crippen LogP contribution in [0, 0.1) is 5.82 Å². The van der Waals surface area contributed by atoms with Crippen LogP contribution in [0.4, 0.5) is 4.39 Å². The SMILES string of the molecule is C=CCCC(O)CN(Cc1ccc(F)cc1)Cc1cccc(OC)c1OC. The Morgan fingerprint density at radius 1 is 1.11 bits per heavy atom. The lowest BCUT2D eigenvalue weighted by Crippen LogP contribution is -2.32. The van der Waals surface area contributed by atoms with Crippen molar-refractivity contribution in [3.63, 3.8) is 0 Å². The maximum absolute atomic E-state index is 13.2. The predicted octanol–water partition coefficient (Wildman–Crippen LogP) is 4.17. The molecule has 0 spiro atoms. The van der Waals surface area contributed by atoms with Crippen molar-refractivity contribution in [2.75, 3.05) is 20.8 Å². The zero-order valence-electron chi connectivity index (χ0n) is 16.0. The van der Waals surface area contributed by atoms with Crippen LogP contribution in [0.15, 0.2) is 55.1 Å². The van der Waals surface area contributed by atoms with Crippen LogP contribution in [-0.2, 0) is 13.1 Å². The van der Waals surface area contributed by atoms with Crippen LogP contribution in [0.2, 0.25) is 0 Å². The fourth-order valence-electron chi connectivity index (χ4n) is 3.05. The van der Waals surface area contributed by atoms with E-state index in [1.807, 2.05) is 18.2 Å². The van der Waals surface area contributed by atoms with Gasteiger partial charge in [-0.1, -0.05) is 30.3 Å². The van der Waals surface area contributed by atoms with Crippen LogP contribution in [0.1, 0.15) is 24.0 Å². The first-order valence-corrected chi connectivity index (χ1v) is 9.03. The molecule has 1 atom stereocenters. The number of aliphatic hydroxyl groups excluding tert-OH is 1. The molecule has 0 aromatic heterocycles. The molecule has 1 N–H and O–H groups in total. The molecule has 146 valence electrons. The van der Waals surface area contributed by atoms with E-state index in [2.05, 4.69) is 11.5 Å². The zero-order chi connectivity index (χ0) is 19.6. The number of hydrogen-bond acceptors (Lipinski definition) is 4. The van der Waals surface area contributed by atoms with Gasteiger partial charge in [0.25, 0.3) is 0 Å². The summed E-state index contributed by atoms with van der Waals surface area (Å²) in [6.45, 7) is 5.36. The Morgan fingerprint density at radius 2 is 1.85 bits per heavy atom. The van der Waals surface area contributed by atoms with E-state index in [9.17, 15) is 9.50 Å². The van der Waals surface area contributed by atoms with Gasteiger partial charge in [0.05, 0.1) is 20.3 Å². The molecule has 2 aromatic carbocycles. The maximum Gasteiger partial charge on any atom is 0.165 e. The standard InChI is InChI=1S/C22H28FNO3/c1-4-5-8-20(25)16-24(14-17-10-12-19(23)13-11-17)15-18-7-6-9-21(26-2)22(18)27-3/h4,6-7,9-13,20,25H,1,5,8,14-16H2,2-3H3. The molecule has 1 unspecified atom stereocenters. The van der Waals surface area contributed by atoms with Gasteiger partial charge in [-0.2, -0.15) is 0 Å². The van der Waals surface area contributed by atoms with Crippen LogP contribution < -0.4 is 9.47 Å². The summed E-state index contributed by atoms with van der Waals surface area (Å²) in [4.78, 5) is 2.12. The van der Waals surface area contributed by atoms with Crippen molar-refractivity contribution in [1.29, 1.82) is 0 Å². The molecule has 0 radical (unpaired) electrons. The molecule has 5 heteroatoms. The summed E-state index contributed by atoms with van der Waals surface area (Å²) in [5.41, 5.74) is 1.95. The topological polar surface area (TPSA) is 41.9 Å². The van der Waals surface area contributed by atoms with E-state index < -0.39 is 6.10 Å². The molecule has 0 saturated carbocycles. The van der Waals surface area contributed by atoms with Gasteiger partial charge in [-0.3, -0.25) is 4.90 Å². The van der Waals surface area contributed by atoms with Crippen molar-refractivity contribution in [3.05, 3.63) is 72.1 Å². The van der Waals surface area contributed by atoms with E-state index in [4.69, 9.17) is 9.47 Å². The number of para-hydroxylation sites is 1. The van der Waals surface area contributed by atoms with Crippen LogP contribution in [0.3, 0.4) is 0 Å². The minimum atomic E-state index is -0.472. The smallest absolute Gasteiger partial charge is 0.165 e. The number of methoxy groups -OCH3 is 2. The third-order valence-electron chi connectivity index (χ3n) is 4.37.